The first-order valence-electron chi connectivity index (χ1n) is 12.5. The number of piperazine rings is 1. The summed E-state index contributed by atoms with van der Waals surface area (Å²) in [6.07, 6.45) is -2.76. The van der Waals surface area contributed by atoms with Crippen LogP contribution in [0.1, 0.15) is 25.7 Å². The summed E-state index contributed by atoms with van der Waals surface area (Å²) in [5.41, 5.74) is 2.12. The molecule has 5 rings (SSSR count). The van der Waals surface area contributed by atoms with Gasteiger partial charge in [0.05, 0.1) is 4.90 Å². The van der Waals surface area contributed by atoms with Gasteiger partial charge in [-0.3, -0.25) is 4.79 Å². The van der Waals surface area contributed by atoms with Crippen LogP contribution in [-0.2, 0) is 14.8 Å². The van der Waals surface area contributed by atoms with Gasteiger partial charge in [0, 0.05) is 48.2 Å². The molecule has 2 heterocycles. The van der Waals surface area contributed by atoms with E-state index in [-0.39, 0.29) is 35.8 Å². The molecule has 0 radical (unpaired) electrons. The van der Waals surface area contributed by atoms with E-state index in [2.05, 4.69) is 15.0 Å². The summed E-state index contributed by atoms with van der Waals surface area (Å²) in [7, 11) is -3.84. The average Bonchev–Trinajstić information content (AvgIpc) is 3.32. The lowest BCUT2D eigenvalue weighted by atomic mass is 9.85. The molecule has 0 spiro atoms. The number of H-pyrrole nitrogens is 1. The fraction of sp³-hybridized carbons (Fsp3) is 0.423. The molecule has 3 aromatic rings. The van der Waals surface area contributed by atoms with E-state index in [0.717, 1.165) is 16.6 Å². The van der Waals surface area contributed by atoms with E-state index >= 15 is 0 Å². The summed E-state index contributed by atoms with van der Waals surface area (Å²) in [6.45, 7) is -0.0946. The van der Waals surface area contributed by atoms with Crippen molar-refractivity contribution in [2.24, 2.45) is 5.92 Å². The molecule has 7 nitrogen and oxygen atoms in total. The molecule has 1 aromatic heterocycles. The summed E-state index contributed by atoms with van der Waals surface area (Å²) in [5, 5.41) is 3.21. The molecule has 1 saturated heterocycles. The number of rotatable bonds is 5. The number of aromatic amines is 1. The highest BCUT2D eigenvalue weighted by Gasteiger charge is 2.43. The number of benzene rings is 2. The Morgan fingerprint density at radius 2 is 1.71 bits per heavy atom. The van der Waals surface area contributed by atoms with Gasteiger partial charge in [0.15, 0.2) is 0 Å². The Bertz CT molecular complexity index is 1410. The number of amides is 1. The maximum atomic E-state index is 13.2. The Morgan fingerprint density at radius 1 is 1.00 bits per heavy atom. The molecule has 38 heavy (non-hydrogen) atoms. The number of carbonyl (C=O) groups excluding carboxylic acids is 1. The van der Waals surface area contributed by atoms with Crippen LogP contribution >= 0.6 is 0 Å². The van der Waals surface area contributed by atoms with Gasteiger partial charge in [-0.1, -0.05) is 6.07 Å². The lowest BCUT2D eigenvalue weighted by Gasteiger charge is -2.38. The molecule has 1 aliphatic heterocycles. The Hall–Kier alpha value is -2.96. The smallest absolute Gasteiger partial charge is 0.354 e. The van der Waals surface area contributed by atoms with Crippen molar-refractivity contribution in [2.75, 3.05) is 19.6 Å². The van der Waals surface area contributed by atoms with E-state index in [9.17, 15) is 30.8 Å². The van der Waals surface area contributed by atoms with Crippen LogP contribution in [0.5, 0.6) is 0 Å². The van der Waals surface area contributed by atoms with E-state index < -0.39 is 34.7 Å². The second-order valence-electron chi connectivity index (χ2n) is 9.94. The molecule has 3 N–H and O–H groups in total. The van der Waals surface area contributed by atoms with Gasteiger partial charge >= 0.3 is 6.18 Å². The largest absolute Gasteiger partial charge is 0.405 e. The maximum absolute atomic E-state index is 13.2. The van der Waals surface area contributed by atoms with Gasteiger partial charge in [-0.15, -0.1) is 0 Å². The fourth-order valence-electron chi connectivity index (χ4n) is 5.23. The number of alkyl halides is 3. The Morgan fingerprint density at radius 3 is 2.39 bits per heavy atom. The highest BCUT2D eigenvalue weighted by atomic mass is 32.2. The normalized spacial score (nSPS) is 23.1. The zero-order valence-electron chi connectivity index (χ0n) is 20.4. The van der Waals surface area contributed by atoms with Gasteiger partial charge in [-0.2, -0.15) is 13.2 Å². The molecule has 204 valence electrons. The maximum Gasteiger partial charge on any atom is 0.405 e. The lowest BCUT2D eigenvalue weighted by molar-refractivity contribution is -0.169. The number of sulfonamides is 1. The Labute approximate surface area is 217 Å². The van der Waals surface area contributed by atoms with E-state index in [1.165, 1.54) is 23.1 Å². The number of fused-ring (bicyclic) bond motifs is 1. The Balaban J connectivity index is 1.20. The summed E-state index contributed by atoms with van der Waals surface area (Å²) >= 11 is 0. The third-order valence-electron chi connectivity index (χ3n) is 7.34. The molecule has 0 bridgehead atoms. The first-order chi connectivity index (χ1) is 18.0. The van der Waals surface area contributed by atoms with Crippen LogP contribution in [0.4, 0.5) is 17.6 Å². The van der Waals surface area contributed by atoms with E-state index in [0.29, 0.717) is 31.2 Å². The van der Waals surface area contributed by atoms with Crippen LogP contribution in [0.15, 0.2) is 53.4 Å². The lowest BCUT2D eigenvalue weighted by Crippen LogP contribution is -2.59. The molecule has 12 heteroatoms. The summed E-state index contributed by atoms with van der Waals surface area (Å²) in [5.74, 6) is -1.05. The third-order valence-corrected chi connectivity index (χ3v) is 8.86. The third kappa shape index (κ3) is 5.71. The van der Waals surface area contributed by atoms with Crippen molar-refractivity contribution < 1.29 is 30.8 Å². The van der Waals surface area contributed by atoms with Crippen molar-refractivity contribution in [3.05, 3.63) is 54.3 Å². The van der Waals surface area contributed by atoms with Crippen molar-refractivity contribution in [3.63, 3.8) is 0 Å². The van der Waals surface area contributed by atoms with Crippen LogP contribution in [0.25, 0.3) is 22.2 Å². The fourth-order valence-corrected chi connectivity index (χ4v) is 6.56. The van der Waals surface area contributed by atoms with E-state index in [1.54, 1.807) is 24.3 Å². The molecule has 2 aliphatic rings. The minimum absolute atomic E-state index is 0.0849. The highest BCUT2D eigenvalue weighted by molar-refractivity contribution is 7.89. The predicted octanol–water partition coefficient (Wildman–Crippen LogP) is 4.17. The van der Waals surface area contributed by atoms with E-state index in [4.69, 9.17) is 0 Å². The van der Waals surface area contributed by atoms with Crippen LogP contribution in [0, 0.1) is 11.7 Å². The number of nitrogens with zero attached hydrogens (tertiary/aromatic N) is 1. The molecular weight excluding hydrogens is 524 g/mol. The van der Waals surface area contributed by atoms with Crippen molar-refractivity contribution >= 4 is 26.8 Å². The zero-order chi connectivity index (χ0) is 27.1. The zero-order valence-corrected chi connectivity index (χ0v) is 21.2. The number of halogens is 4. The molecule has 1 aliphatic carbocycles. The molecule has 2 aromatic carbocycles. The number of hydrogen-bond donors (Lipinski definition) is 3. The molecule has 1 amide bonds. The van der Waals surface area contributed by atoms with Gasteiger partial charge in [-0.05, 0) is 73.7 Å². The Kier molecular flexibility index (Phi) is 7.23. The van der Waals surface area contributed by atoms with Crippen LogP contribution < -0.4 is 10.0 Å². The first-order valence-corrected chi connectivity index (χ1v) is 14.0. The first kappa shape index (κ1) is 26.6. The molecule has 2 fully saturated rings. The standard InChI is InChI=1S/C26H28F4N4O3S/c27-19-6-1-16(2-7-19)22-13-18-5-10-21(14-23(18)32-22)38(36,37)33-20-8-3-17(4-9-20)25(35)34-12-11-31-24(15-34)26(28,29)30/h1-2,5-7,10,13-14,17,20,24,31-33H,3-4,8-9,11-12,15H2. The van der Waals surface area contributed by atoms with Gasteiger partial charge in [0.1, 0.15) is 11.9 Å². The van der Waals surface area contributed by atoms with Gasteiger partial charge in [0.25, 0.3) is 0 Å². The SMILES string of the molecule is O=C(C1CCC(NS(=O)(=O)c2ccc3cc(-c4ccc(F)cc4)[nH]c3c2)CC1)N1CCNC(C(F)(F)F)C1. The second kappa shape index (κ2) is 10.3. The molecule has 1 unspecified atom stereocenters. The quantitative estimate of drug-likeness (QED) is 0.414. The van der Waals surface area contributed by atoms with Gasteiger partial charge in [0.2, 0.25) is 15.9 Å². The molecular formula is C26H28F4N4O3S. The summed E-state index contributed by atoms with van der Waals surface area (Å²) in [6, 6.07) is 10.5. The monoisotopic (exact) mass is 552 g/mol. The van der Waals surface area contributed by atoms with Crippen LogP contribution in [0.2, 0.25) is 0 Å². The van der Waals surface area contributed by atoms with Crippen molar-refractivity contribution in [1.29, 1.82) is 0 Å². The number of carbonyl (C=O) groups is 1. The van der Waals surface area contributed by atoms with Crippen molar-refractivity contribution in [2.45, 2.75) is 48.8 Å². The highest BCUT2D eigenvalue weighted by Crippen LogP contribution is 2.30. The topological polar surface area (TPSA) is 94.3 Å². The molecule has 1 atom stereocenters. The summed E-state index contributed by atoms with van der Waals surface area (Å²) in [4.78, 5) is 17.4. The predicted molar refractivity (Wildman–Crippen MR) is 134 cm³/mol. The van der Waals surface area contributed by atoms with Gasteiger partial charge in [-0.25, -0.2) is 17.5 Å². The van der Waals surface area contributed by atoms with Crippen molar-refractivity contribution in [1.82, 2.24) is 19.9 Å². The number of nitrogens with one attached hydrogen (secondary N) is 3. The van der Waals surface area contributed by atoms with E-state index in [1.807, 2.05) is 6.07 Å². The second-order valence-corrected chi connectivity index (χ2v) is 11.7. The average molecular weight is 553 g/mol. The van der Waals surface area contributed by atoms with Crippen molar-refractivity contribution in [3.8, 4) is 11.3 Å². The summed E-state index contributed by atoms with van der Waals surface area (Å²) < 4.78 is 81.4. The van der Waals surface area contributed by atoms with Gasteiger partial charge < -0.3 is 15.2 Å². The van der Waals surface area contributed by atoms with Crippen LogP contribution in [0.3, 0.4) is 0 Å². The minimum atomic E-state index is -4.42. The number of hydrogen-bond acceptors (Lipinski definition) is 4. The molecule has 1 saturated carbocycles. The minimum Gasteiger partial charge on any atom is -0.354 e. The number of aromatic nitrogens is 1. The van der Waals surface area contributed by atoms with Crippen LogP contribution in [-0.4, -0.2) is 62.1 Å².